The van der Waals surface area contributed by atoms with Gasteiger partial charge in [-0.05, 0) is 50.1 Å². The molecule has 0 saturated carbocycles. The molecule has 4 N–H and O–H groups in total. The molecular weight excluding hydrogens is 678 g/mol. The van der Waals surface area contributed by atoms with Crippen molar-refractivity contribution in [2.24, 2.45) is 29.4 Å². The van der Waals surface area contributed by atoms with E-state index in [1.54, 1.807) is 25.9 Å². The van der Waals surface area contributed by atoms with Gasteiger partial charge in [-0.15, -0.1) is 0 Å². The number of amides is 4. The van der Waals surface area contributed by atoms with Gasteiger partial charge in [0.05, 0.1) is 49.3 Å². The molecule has 1 heterocycles. The number of benzene rings is 1. The van der Waals surface area contributed by atoms with Crippen molar-refractivity contribution in [3.63, 3.8) is 0 Å². The normalized spacial score (nSPS) is 19.8. The smallest absolute Gasteiger partial charge is 0.328 e. The third kappa shape index (κ3) is 11.8. The van der Waals surface area contributed by atoms with E-state index >= 15 is 0 Å². The third-order valence-corrected chi connectivity index (χ3v) is 11.3. The average Bonchev–Trinajstić information content (AvgIpc) is 3.60. The number of nitrogens with one attached hydrogen (secondary N) is 2. The van der Waals surface area contributed by atoms with E-state index in [1.807, 2.05) is 76.9 Å². The second-order valence-corrected chi connectivity index (χ2v) is 15.5. The third-order valence-electron chi connectivity index (χ3n) is 11.3. The van der Waals surface area contributed by atoms with Gasteiger partial charge in [0.25, 0.3) is 0 Å². The van der Waals surface area contributed by atoms with Crippen LogP contribution in [0.3, 0.4) is 0 Å². The van der Waals surface area contributed by atoms with E-state index in [2.05, 4.69) is 17.6 Å². The van der Waals surface area contributed by atoms with Gasteiger partial charge in [0.15, 0.2) is 0 Å². The van der Waals surface area contributed by atoms with Crippen LogP contribution in [0.25, 0.3) is 0 Å². The van der Waals surface area contributed by atoms with Crippen LogP contribution in [-0.2, 0) is 44.6 Å². The SMILES string of the molecule is CC[C@H](C)[C@@H]([C@@H](CC(=O)N1CCC[C@H]1[C@H](OC)[C@@H](C)C(=O)N[C@@H](Cc1ccccc1)C(=O)OC)OC)N(C)[C@H](C(=O)NC(=O)[C@](C)(N)C(C)C)C(C)C. The van der Waals surface area contributed by atoms with Crippen molar-refractivity contribution in [3.8, 4) is 0 Å². The highest BCUT2D eigenvalue weighted by molar-refractivity contribution is 6.01. The highest BCUT2D eigenvalue weighted by Crippen LogP contribution is 2.30. The van der Waals surface area contributed by atoms with Crippen LogP contribution < -0.4 is 16.4 Å². The predicted octanol–water partition coefficient (Wildman–Crippen LogP) is 3.32. The van der Waals surface area contributed by atoms with Crippen molar-refractivity contribution in [2.75, 3.05) is 34.9 Å². The fourth-order valence-corrected chi connectivity index (χ4v) is 7.41. The minimum absolute atomic E-state index is 0.0152. The molecule has 4 amide bonds. The Labute approximate surface area is 317 Å². The molecule has 1 aromatic rings. The minimum Gasteiger partial charge on any atom is -0.467 e. The quantitative estimate of drug-likeness (QED) is 0.168. The molecule has 1 fully saturated rings. The van der Waals surface area contributed by atoms with Crippen LogP contribution in [0.15, 0.2) is 30.3 Å². The maximum Gasteiger partial charge on any atom is 0.328 e. The Hall–Kier alpha value is -3.39. The Bertz CT molecular complexity index is 1360. The lowest BCUT2D eigenvalue weighted by atomic mass is 9.87. The molecule has 0 aliphatic carbocycles. The lowest BCUT2D eigenvalue weighted by Gasteiger charge is -2.43. The van der Waals surface area contributed by atoms with E-state index in [4.69, 9.17) is 19.9 Å². The van der Waals surface area contributed by atoms with Crippen LogP contribution in [0.4, 0.5) is 0 Å². The summed E-state index contributed by atoms with van der Waals surface area (Å²) in [6.45, 7) is 15.5. The molecule has 1 saturated heterocycles. The summed E-state index contributed by atoms with van der Waals surface area (Å²) in [5.41, 5.74) is 5.91. The largest absolute Gasteiger partial charge is 0.467 e. The molecular formula is C40H67N5O8. The zero-order valence-electron chi connectivity index (χ0n) is 34.1. The number of nitrogens with two attached hydrogens (primary N) is 1. The Balaban J connectivity index is 2.30. The van der Waals surface area contributed by atoms with Crippen molar-refractivity contribution in [1.29, 1.82) is 0 Å². The highest BCUT2D eigenvalue weighted by Gasteiger charge is 2.44. The molecule has 53 heavy (non-hydrogen) atoms. The number of carbonyl (C=O) groups is 5. The number of carbonyl (C=O) groups excluding carboxylic acids is 5. The number of nitrogens with zero attached hydrogens (tertiary/aromatic N) is 2. The van der Waals surface area contributed by atoms with Crippen LogP contribution in [0.2, 0.25) is 0 Å². The molecule has 1 aliphatic rings. The second kappa shape index (κ2) is 20.9. The summed E-state index contributed by atoms with van der Waals surface area (Å²) in [7, 11) is 6.22. The van der Waals surface area contributed by atoms with Crippen molar-refractivity contribution >= 4 is 29.6 Å². The second-order valence-electron chi connectivity index (χ2n) is 15.5. The molecule has 0 aromatic heterocycles. The van der Waals surface area contributed by atoms with Gasteiger partial charge in [0, 0.05) is 33.2 Å². The number of imide groups is 1. The van der Waals surface area contributed by atoms with Crippen molar-refractivity contribution in [3.05, 3.63) is 35.9 Å². The number of esters is 1. The first-order valence-electron chi connectivity index (χ1n) is 19.0. The molecule has 0 unspecified atom stereocenters. The molecule has 9 atom stereocenters. The summed E-state index contributed by atoms with van der Waals surface area (Å²) in [6.07, 6.45) is 1.19. The van der Waals surface area contributed by atoms with Crippen LogP contribution in [0.5, 0.6) is 0 Å². The van der Waals surface area contributed by atoms with Crippen molar-refractivity contribution < 1.29 is 38.2 Å². The molecule has 13 nitrogen and oxygen atoms in total. The van der Waals surface area contributed by atoms with Crippen LogP contribution in [0.1, 0.15) is 86.6 Å². The molecule has 13 heteroatoms. The topological polar surface area (TPSA) is 170 Å². The van der Waals surface area contributed by atoms with Gasteiger partial charge in [0.2, 0.25) is 23.6 Å². The van der Waals surface area contributed by atoms with Gasteiger partial charge in [-0.3, -0.25) is 29.4 Å². The summed E-state index contributed by atoms with van der Waals surface area (Å²) in [5, 5.41) is 5.42. The molecule has 1 aliphatic heterocycles. The van der Waals surface area contributed by atoms with Gasteiger partial charge < -0.3 is 30.2 Å². The maximum atomic E-state index is 14.2. The van der Waals surface area contributed by atoms with E-state index < -0.39 is 53.5 Å². The first-order valence-corrected chi connectivity index (χ1v) is 19.0. The standard InChI is InChI=1S/C40H67N5O8/c1-13-26(6)34(44(9)33(24(2)3)37(48)43-39(50)40(8,41)25(4)5)31(51-10)23-32(46)45-21-17-20-30(45)35(52-11)27(7)36(47)42-29(38(49)53-12)22-28-18-15-14-16-19-28/h14-16,18-19,24-27,29-31,33-35H,13,17,20-23,41H2,1-12H3,(H,42,47)(H,43,48,50)/t26-,27+,29-,30-,31+,33-,34-,35+,40+/m0/s1. The van der Waals surface area contributed by atoms with Gasteiger partial charge in [-0.25, -0.2) is 4.79 Å². The van der Waals surface area contributed by atoms with Crippen LogP contribution in [0, 0.1) is 23.7 Å². The number of hydrogen-bond acceptors (Lipinski definition) is 10. The summed E-state index contributed by atoms with van der Waals surface area (Å²) in [6, 6.07) is 7.03. The number of likely N-dealkylation sites (tertiary alicyclic amines) is 1. The Morgan fingerprint density at radius 3 is 2.11 bits per heavy atom. The van der Waals surface area contributed by atoms with Gasteiger partial charge >= 0.3 is 5.97 Å². The average molecular weight is 746 g/mol. The van der Waals surface area contributed by atoms with Crippen LogP contribution in [-0.4, -0.2) is 116 Å². The predicted molar refractivity (Wildman–Crippen MR) is 204 cm³/mol. The number of hydrogen-bond donors (Lipinski definition) is 3. The van der Waals surface area contributed by atoms with E-state index in [0.29, 0.717) is 13.0 Å². The molecule has 1 aromatic carbocycles. The summed E-state index contributed by atoms with van der Waals surface area (Å²) in [5.74, 6) is -3.12. The van der Waals surface area contributed by atoms with Crippen molar-refractivity contribution in [2.45, 2.75) is 129 Å². The number of likely N-dealkylation sites (N-methyl/N-ethyl adjacent to an activating group) is 1. The Morgan fingerprint density at radius 1 is 0.981 bits per heavy atom. The highest BCUT2D eigenvalue weighted by atomic mass is 16.5. The van der Waals surface area contributed by atoms with Gasteiger partial charge in [-0.1, -0.05) is 85.2 Å². The fraction of sp³-hybridized carbons (Fsp3) is 0.725. The van der Waals surface area contributed by atoms with Crippen molar-refractivity contribution in [1.82, 2.24) is 20.4 Å². The summed E-state index contributed by atoms with van der Waals surface area (Å²) in [4.78, 5) is 71.0. The lowest BCUT2D eigenvalue weighted by molar-refractivity contribution is -0.147. The first kappa shape index (κ1) is 45.8. The van der Waals surface area contributed by atoms with E-state index in [1.165, 1.54) is 14.2 Å². The summed E-state index contributed by atoms with van der Waals surface area (Å²) < 4.78 is 17.0. The van der Waals surface area contributed by atoms with E-state index in [9.17, 15) is 24.0 Å². The summed E-state index contributed by atoms with van der Waals surface area (Å²) >= 11 is 0. The maximum absolute atomic E-state index is 14.2. The lowest BCUT2D eigenvalue weighted by Crippen LogP contribution is -2.62. The number of rotatable bonds is 20. The Morgan fingerprint density at radius 2 is 1.60 bits per heavy atom. The first-order chi connectivity index (χ1) is 24.9. The van der Waals surface area contributed by atoms with E-state index in [-0.39, 0.29) is 54.5 Å². The molecule has 0 spiro atoms. The zero-order valence-corrected chi connectivity index (χ0v) is 34.1. The molecule has 0 radical (unpaired) electrons. The minimum atomic E-state index is -1.23. The number of ether oxygens (including phenoxy) is 3. The monoisotopic (exact) mass is 745 g/mol. The molecule has 300 valence electrons. The molecule has 0 bridgehead atoms. The van der Waals surface area contributed by atoms with E-state index in [0.717, 1.165) is 18.4 Å². The number of methoxy groups -OCH3 is 3. The molecule has 2 rings (SSSR count). The van der Waals surface area contributed by atoms with Crippen LogP contribution >= 0.6 is 0 Å². The zero-order chi connectivity index (χ0) is 40.2. The van der Waals surface area contributed by atoms with Gasteiger partial charge in [0.1, 0.15) is 6.04 Å². The Kier molecular flexibility index (Phi) is 18.0. The fourth-order valence-electron chi connectivity index (χ4n) is 7.41. The van der Waals surface area contributed by atoms with Gasteiger partial charge in [-0.2, -0.15) is 0 Å².